The number of hydrogen-bond acceptors (Lipinski definition) is 3. The second-order valence-electron chi connectivity index (χ2n) is 3.60. The minimum absolute atomic E-state index is 0.00309. The van der Waals surface area contributed by atoms with Crippen molar-refractivity contribution >= 4 is 15.9 Å². The van der Waals surface area contributed by atoms with Crippen LogP contribution in [0.3, 0.4) is 0 Å². The van der Waals surface area contributed by atoms with Crippen LogP contribution < -0.4 is 0 Å². The van der Waals surface area contributed by atoms with Crippen LogP contribution in [0.4, 0.5) is 0 Å². The van der Waals surface area contributed by atoms with E-state index in [2.05, 4.69) is 21.0 Å². The van der Waals surface area contributed by atoms with Gasteiger partial charge in [-0.1, -0.05) is 0 Å². The number of aliphatic hydroxyl groups is 2. The fraction of sp³-hybridized carbons (Fsp3) is 0.700. The maximum atomic E-state index is 9.04. The molecule has 0 radical (unpaired) electrons. The van der Waals surface area contributed by atoms with Crippen molar-refractivity contribution in [2.45, 2.75) is 26.8 Å². The molecule has 1 aromatic rings. The van der Waals surface area contributed by atoms with Crippen molar-refractivity contribution in [2.24, 2.45) is 5.92 Å². The zero-order chi connectivity index (χ0) is 11.4. The Bertz CT molecular complexity index is 321. The Kier molecular flexibility index (Phi) is 4.76. The summed E-state index contributed by atoms with van der Waals surface area (Å²) in [4.78, 5) is 0. The molecule has 0 aliphatic heterocycles. The van der Waals surface area contributed by atoms with Crippen molar-refractivity contribution < 1.29 is 10.2 Å². The third-order valence-corrected chi connectivity index (χ3v) is 3.48. The van der Waals surface area contributed by atoms with Gasteiger partial charge in [-0.3, -0.25) is 4.68 Å². The average molecular weight is 277 g/mol. The first-order valence-corrected chi connectivity index (χ1v) is 5.86. The molecule has 0 atom stereocenters. The predicted octanol–water partition coefficient (Wildman–Crippen LogP) is 1.12. The summed E-state index contributed by atoms with van der Waals surface area (Å²) in [6.07, 6.45) is 0.641. The van der Waals surface area contributed by atoms with E-state index in [9.17, 15) is 0 Å². The number of rotatable bonds is 5. The number of halogens is 1. The predicted molar refractivity (Wildman–Crippen MR) is 61.7 cm³/mol. The number of aryl methyl sites for hydroxylation is 2. The standard InChI is InChI=1S/C10H17BrN2O2/c1-3-13-9(4-8(5-14)6-15)10(11)7(2)12-13/h8,14-15H,3-6H2,1-2H3. The van der Waals surface area contributed by atoms with Crippen molar-refractivity contribution in [2.75, 3.05) is 13.2 Å². The Hall–Kier alpha value is -0.390. The Morgan fingerprint density at radius 1 is 1.40 bits per heavy atom. The number of aromatic nitrogens is 2. The summed E-state index contributed by atoms with van der Waals surface area (Å²) in [5.41, 5.74) is 1.99. The van der Waals surface area contributed by atoms with Gasteiger partial charge in [0.25, 0.3) is 0 Å². The largest absolute Gasteiger partial charge is 0.396 e. The first-order valence-electron chi connectivity index (χ1n) is 5.07. The molecule has 1 aromatic heterocycles. The topological polar surface area (TPSA) is 58.3 Å². The van der Waals surface area contributed by atoms with Crippen molar-refractivity contribution in [3.8, 4) is 0 Å². The zero-order valence-electron chi connectivity index (χ0n) is 9.07. The second kappa shape index (κ2) is 5.63. The van der Waals surface area contributed by atoms with E-state index in [0.29, 0.717) is 6.42 Å². The van der Waals surface area contributed by atoms with E-state index in [4.69, 9.17) is 10.2 Å². The van der Waals surface area contributed by atoms with Crippen LogP contribution in [0.1, 0.15) is 18.3 Å². The van der Waals surface area contributed by atoms with E-state index in [1.807, 2.05) is 18.5 Å². The van der Waals surface area contributed by atoms with Gasteiger partial charge in [-0.15, -0.1) is 0 Å². The molecule has 1 rings (SSSR count). The van der Waals surface area contributed by atoms with E-state index < -0.39 is 0 Å². The summed E-state index contributed by atoms with van der Waals surface area (Å²) in [6.45, 7) is 4.75. The molecule has 15 heavy (non-hydrogen) atoms. The lowest BCUT2D eigenvalue weighted by molar-refractivity contribution is 0.148. The third kappa shape index (κ3) is 2.80. The maximum absolute atomic E-state index is 9.04. The van der Waals surface area contributed by atoms with E-state index in [1.165, 1.54) is 0 Å². The molecule has 86 valence electrons. The Labute approximate surface area is 98.0 Å². The van der Waals surface area contributed by atoms with Crippen molar-refractivity contribution in [3.05, 3.63) is 15.9 Å². The Morgan fingerprint density at radius 2 is 2.00 bits per heavy atom. The van der Waals surface area contributed by atoms with Gasteiger partial charge in [0.2, 0.25) is 0 Å². The molecule has 1 heterocycles. The summed E-state index contributed by atoms with van der Waals surface area (Å²) >= 11 is 3.48. The highest BCUT2D eigenvalue weighted by Crippen LogP contribution is 2.23. The van der Waals surface area contributed by atoms with Gasteiger partial charge in [-0.2, -0.15) is 5.10 Å². The molecule has 0 bridgehead atoms. The number of aliphatic hydroxyl groups excluding tert-OH is 2. The minimum Gasteiger partial charge on any atom is -0.396 e. The highest BCUT2D eigenvalue weighted by atomic mass is 79.9. The Balaban J connectivity index is 2.91. The molecule has 0 aliphatic carbocycles. The van der Waals surface area contributed by atoms with Crippen LogP contribution >= 0.6 is 15.9 Å². The lowest BCUT2D eigenvalue weighted by Gasteiger charge is -2.12. The molecular formula is C10H17BrN2O2. The van der Waals surface area contributed by atoms with Crippen LogP contribution in [0.25, 0.3) is 0 Å². The monoisotopic (exact) mass is 276 g/mol. The van der Waals surface area contributed by atoms with Crippen molar-refractivity contribution in [1.82, 2.24) is 9.78 Å². The fourth-order valence-electron chi connectivity index (χ4n) is 1.52. The van der Waals surface area contributed by atoms with Crippen LogP contribution in [-0.2, 0) is 13.0 Å². The minimum atomic E-state index is -0.109. The van der Waals surface area contributed by atoms with Crippen LogP contribution in [0, 0.1) is 12.8 Å². The molecule has 0 unspecified atom stereocenters. The van der Waals surface area contributed by atoms with Gasteiger partial charge in [0.15, 0.2) is 0 Å². The number of hydrogen-bond donors (Lipinski definition) is 2. The van der Waals surface area contributed by atoms with Gasteiger partial charge in [-0.25, -0.2) is 0 Å². The smallest absolute Gasteiger partial charge is 0.0738 e. The Morgan fingerprint density at radius 3 is 2.47 bits per heavy atom. The summed E-state index contributed by atoms with van der Waals surface area (Å²) < 4.78 is 2.88. The van der Waals surface area contributed by atoms with Gasteiger partial charge >= 0.3 is 0 Å². The van der Waals surface area contributed by atoms with Gasteiger partial charge in [0.05, 0.1) is 15.9 Å². The number of nitrogens with zero attached hydrogens (tertiary/aromatic N) is 2. The first kappa shape index (κ1) is 12.7. The van der Waals surface area contributed by atoms with E-state index >= 15 is 0 Å². The summed E-state index contributed by atoms with van der Waals surface area (Å²) in [5.74, 6) is -0.109. The van der Waals surface area contributed by atoms with E-state index in [-0.39, 0.29) is 19.1 Å². The summed E-state index contributed by atoms with van der Waals surface area (Å²) in [5, 5.41) is 22.4. The van der Waals surface area contributed by atoms with Gasteiger partial charge < -0.3 is 10.2 Å². The first-order chi connectivity index (χ1) is 7.13. The molecule has 0 saturated heterocycles. The molecule has 0 aliphatic rings. The van der Waals surface area contributed by atoms with E-state index in [0.717, 1.165) is 22.4 Å². The highest BCUT2D eigenvalue weighted by molar-refractivity contribution is 9.10. The van der Waals surface area contributed by atoms with Crippen molar-refractivity contribution in [3.63, 3.8) is 0 Å². The quantitative estimate of drug-likeness (QED) is 0.848. The fourth-order valence-corrected chi connectivity index (χ4v) is 1.97. The summed E-state index contributed by atoms with van der Waals surface area (Å²) in [6, 6.07) is 0. The van der Waals surface area contributed by atoms with E-state index in [1.54, 1.807) is 0 Å². The molecule has 0 amide bonds. The lowest BCUT2D eigenvalue weighted by atomic mass is 10.1. The highest BCUT2D eigenvalue weighted by Gasteiger charge is 2.16. The molecule has 2 N–H and O–H groups in total. The van der Waals surface area contributed by atoms with Gasteiger partial charge in [0, 0.05) is 25.7 Å². The van der Waals surface area contributed by atoms with Gasteiger partial charge in [-0.05, 0) is 36.2 Å². The van der Waals surface area contributed by atoms with Crippen LogP contribution in [-0.4, -0.2) is 33.2 Å². The maximum Gasteiger partial charge on any atom is 0.0738 e. The zero-order valence-corrected chi connectivity index (χ0v) is 10.7. The normalized spacial score (nSPS) is 11.3. The molecule has 0 spiro atoms. The molecule has 0 fully saturated rings. The molecule has 4 nitrogen and oxygen atoms in total. The van der Waals surface area contributed by atoms with Crippen molar-refractivity contribution in [1.29, 1.82) is 0 Å². The van der Waals surface area contributed by atoms with Crippen LogP contribution in [0.15, 0.2) is 4.47 Å². The van der Waals surface area contributed by atoms with Gasteiger partial charge in [0.1, 0.15) is 0 Å². The molecule has 5 heteroatoms. The SMILES string of the molecule is CCn1nc(C)c(Br)c1CC(CO)CO. The van der Waals surface area contributed by atoms with Crippen LogP contribution in [0.5, 0.6) is 0 Å². The molecule has 0 aromatic carbocycles. The molecule has 0 saturated carbocycles. The van der Waals surface area contributed by atoms with Crippen LogP contribution in [0.2, 0.25) is 0 Å². The second-order valence-corrected chi connectivity index (χ2v) is 4.39. The molecular weight excluding hydrogens is 260 g/mol. The summed E-state index contributed by atoms with van der Waals surface area (Å²) in [7, 11) is 0. The lowest BCUT2D eigenvalue weighted by Crippen LogP contribution is -2.17. The average Bonchev–Trinajstić information content (AvgIpc) is 2.52. The third-order valence-electron chi connectivity index (χ3n) is 2.45.